The lowest BCUT2D eigenvalue weighted by Crippen LogP contribution is -2.45. The number of hydrogen-bond acceptors (Lipinski definition) is 7. The predicted octanol–water partition coefficient (Wildman–Crippen LogP) is 2.68. The van der Waals surface area contributed by atoms with Gasteiger partial charge in [0.2, 0.25) is 5.96 Å². The summed E-state index contributed by atoms with van der Waals surface area (Å²) >= 11 is 12.7. The Labute approximate surface area is 236 Å². The van der Waals surface area contributed by atoms with Crippen LogP contribution in [0, 0.1) is 11.5 Å². The molecule has 0 aliphatic rings. The molecule has 2 aromatic carbocycles. The number of rotatable bonds is 13. The summed E-state index contributed by atoms with van der Waals surface area (Å²) in [6.07, 6.45) is 2.23. The number of aliphatic hydroxyl groups is 2. The Balaban J connectivity index is 2.15. The summed E-state index contributed by atoms with van der Waals surface area (Å²) in [5.74, 6) is -2.08. The van der Waals surface area contributed by atoms with E-state index in [0.29, 0.717) is 36.9 Å². The fourth-order valence-corrected chi connectivity index (χ4v) is 4.47. The molecule has 39 heavy (non-hydrogen) atoms. The number of benzene rings is 2. The number of carboxylic acids is 1. The van der Waals surface area contributed by atoms with E-state index >= 15 is 0 Å². The van der Waals surface area contributed by atoms with Crippen molar-refractivity contribution in [1.29, 1.82) is 5.26 Å². The molecule has 2 aromatic rings. The molecule has 0 aliphatic carbocycles. The molecule has 210 valence electrons. The minimum absolute atomic E-state index is 0.00149. The molecule has 1 amide bonds. The number of carbonyl (C=O) groups excluding carboxylic acids is 1. The van der Waals surface area contributed by atoms with E-state index in [1.807, 2.05) is 6.92 Å². The lowest BCUT2D eigenvalue weighted by atomic mass is 10.00. The van der Waals surface area contributed by atoms with Crippen LogP contribution in [0.15, 0.2) is 41.4 Å². The van der Waals surface area contributed by atoms with E-state index in [-0.39, 0.29) is 40.5 Å². The van der Waals surface area contributed by atoms with Crippen molar-refractivity contribution in [3.8, 4) is 11.9 Å². The number of guanidine groups is 1. The monoisotopic (exact) mass is 579 g/mol. The van der Waals surface area contributed by atoms with Crippen molar-refractivity contribution in [3.63, 3.8) is 0 Å². The molecule has 0 radical (unpaired) electrons. The molecule has 0 heterocycles. The Hall–Kier alpha value is -3.56. The molecule has 11 nitrogen and oxygen atoms in total. The Kier molecular flexibility index (Phi) is 12.8. The number of hydrogen-bond donors (Lipinski definition) is 6. The van der Waals surface area contributed by atoms with Gasteiger partial charge in [-0.25, -0.2) is 9.79 Å². The van der Waals surface area contributed by atoms with Crippen molar-refractivity contribution >= 4 is 41.0 Å². The Morgan fingerprint density at radius 3 is 2.44 bits per heavy atom. The number of nitrogens with one attached hydrogen (secondary N) is 2. The quantitative estimate of drug-likeness (QED) is 0.0899. The van der Waals surface area contributed by atoms with Crippen LogP contribution in [0.25, 0.3) is 0 Å². The van der Waals surface area contributed by atoms with Crippen molar-refractivity contribution < 1.29 is 30.0 Å². The normalized spacial score (nSPS) is 12.8. The summed E-state index contributed by atoms with van der Waals surface area (Å²) in [6.45, 7) is 1.92. The summed E-state index contributed by atoms with van der Waals surface area (Å²) in [5.41, 5.74) is 1.08. The molecule has 0 aromatic heterocycles. The number of amides is 1. The summed E-state index contributed by atoms with van der Waals surface area (Å²) < 4.78 is 0. The first-order valence-electron chi connectivity index (χ1n) is 12.1. The second kappa shape index (κ2) is 15.8. The van der Waals surface area contributed by atoms with Gasteiger partial charge in [-0.2, -0.15) is 5.26 Å². The van der Waals surface area contributed by atoms with Crippen molar-refractivity contribution in [2.75, 3.05) is 26.2 Å². The first kappa shape index (κ1) is 31.7. The third-order valence-corrected chi connectivity index (χ3v) is 6.24. The van der Waals surface area contributed by atoms with E-state index < -0.39 is 30.6 Å². The van der Waals surface area contributed by atoms with E-state index in [9.17, 15) is 30.0 Å². The first-order valence-corrected chi connectivity index (χ1v) is 12.9. The van der Waals surface area contributed by atoms with E-state index in [1.165, 1.54) is 24.3 Å². The fourth-order valence-electron chi connectivity index (χ4n) is 3.77. The number of carbonyl (C=O) groups is 2. The van der Waals surface area contributed by atoms with Gasteiger partial charge in [0.05, 0.1) is 34.9 Å². The second-order valence-electron chi connectivity index (χ2n) is 8.56. The summed E-state index contributed by atoms with van der Waals surface area (Å²) in [4.78, 5) is 30.5. The van der Waals surface area contributed by atoms with Crippen LogP contribution < -0.4 is 10.6 Å². The maximum Gasteiger partial charge on any atom is 0.328 e. The molecular formula is C26H31Cl2N5O6. The van der Waals surface area contributed by atoms with E-state index in [4.69, 9.17) is 28.5 Å². The largest absolute Gasteiger partial charge is 0.508 e. The maximum absolute atomic E-state index is 12.9. The third kappa shape index (κ3) is 9.60. The molecule has 0 spiro atoms. The fraction of sp³-hybridized carbons (Fsp3) is 0.385. The summed E-state index contributed by atoms with van der Waals surface area (Å²) in [5, 5.41) is 52.7. The van der Waals surface area contributed by atoms with Crippen LogP contribution >= 0.6 is 23.2 Å². The molecule has 0 bridgehead atoms. The molecule has 0 aliphatic heterocycles. The number of aryl methyl sites for hydroxylation is 1. The van der Waals surface area contributed by atoms with Gasteiger partial charge in [0.15, 0.2) is 6.19 Å². The van der Waals surface area contributed by atoms with Gasteiger partial charge in [0.1, 0.15) is 11.8 Å². The number of carboxylic acid groups (broad SMARTS) is 1. The van der Waals surface area contributed by atoms with Gasteiger partial charge in [-0.1, -0.05) is 42.3 Å². The molecule has 2 rings (SSSR count). The van der Waals surface area contributed by atoms with Crippen molar-refractivity contribution in [2.45, 2.75) is 38.3 Å². The van der Waals surface area contributed by atoms with E-state index in [0.717, 1.165) is 0 Å². The molecule has 0 fully saturated rings. The van der Waals surface area contributed by atoms with Crippen LogP contribution in [0.1, 0.15) is 47.4 Å². The van der Waals surface area contributed by atoms with Crippen LogP contribution in [0.3, 0.4) is 0 Å². The zero-order valence-electron chi connectivity index (χ0n) is 21.3. The highest BCUT2D eigenvalue weighted by atomic mass is 35.5. The lowest BCUT2D eigenvalue weighted by Gasteiger charge is -2.24. The minimum atomic E-state index is -1.46. The number of aliphatic hydroxyl groups excluding tert-OH is 2. The number of aliphatic imine (C=N–C) groups is 1. The zero-order chi connectivity index (χ0) is 28.9. The molecule has 2 atom stereocenters. The molecule has 13 heteroatoms. The predicted molar refractivity (Wildman–Crippen MR) is 147 cm³/mol. The number of aliphatic carboxylic acids is 1. The van der Waals surface area contributed by atoms with Crippen LogP contribution in [0.5, 0.6) is 5.75 Å². The Morgan fingerprint density at radius 1 is 1.18 bits per heavy atom. The number of aromatic hydroxyl groups is 1. The highest BCUT2D eigenvalue weighted by molar-refractivity contribution is 6.39. The third-order valence-electron chi connectivity index (χ3n) is 5.65. The highest BCUT2D eigenvalue weighted by Crippen LogP contribution is 2.29. The van der Waals surface area contributed by atoms with Gasteiger partial charge in [-0.15, -0.1) is 0 Å². The van der Waals surface area contributed by atoms with Crippen molar-refractivity contribution in [3.05, 3.63) is 63.1 Å². The van der Waals surface area contributed by atoms with Crippen LogP contribution in [0.4, 0.5) is 0 Å². The van der Waals surface area contributed by atoms with Crippen molar-refractivity contribution in [2.24, 2.45) is 4.99 Å². The average molecular weight is 580 g/mol. The van der Waals surface area contributed by atoms with Crippen LogP contribution in [-0.4, -0.2) is 75.4 Å². The average Bonchev–Trinajstić information content (AvgIpc) is 2.88. The topological polar surface area (TPSA) is 179 Å². The van der Waals surface area contributed by atoms with Crippen molar-refractivity contribution in [1.82, 2.24) is 15.5 Å². The number of nitrogens with zero attached hydrogens (tertiary/aromatic N) is 3. The van der Waals surface area contributed by atoms with E-state index in [2.05, 4.69) is 15.6 Å². The summed E-state index contributed by atoms with van der Waals surface area (Å²) in [7, 11) is 0. The SMILES string of the molecule is CCCN(CCO)C(=NC[C@H](NC(=O)c1c(Cl)cc(CCC(O)c2cccc(O)c2)cc1Cl)C(=O)O)NC#N. The number of halogens is 2. The van der Waals surface area contributed by atoms with Gasteiger partial charge < -0.3 is 30.6 Å². The lowest BCUT2D eigenvalue weighted by molar-refractivity contribution is -0.138. The summed E-state index contributed by atoms with van der Waals surface area (Å²) in [6, 6.07) is 7.84. The minimum Gasteiger partial charge on any atom is -0.508 e. The van der Waals surface area contributed by atoms with Crippen LogP contribution in [0.2, 0.25) is 10.0 Å². The first-order chi connectivity index (χ1) is 18.6. The molecular weight excluding hydrogens is 549 g/mol. The zero-order valence-corrected chi connectivity index (χ0v) is 22.8. The molecule has 0 saturated carbocycles. The second-order valence-corrected chi connectivity index (χ2v) is 9.37. The highest BCUT2D eigenvalue weighted by Gasteiger charge is 2.25. The number of nitriles is 1. The van der Waals surface area contributed by atoms with Gasteiger partial charge in [-0.3, -0.25) is 10.1 Å². The molecule has 1 unspecified atom stereocenters. The van der Waals surface area contributed by atoms with Gasteiger partial charge in [0, 0.05) is 13.1 Å². The number of phenols is 1. The van der Waals surface area contributed by atoms with E-state index in [1.54, 1.807) is 23.2 Å². The molecule has 6 N–H and O–H groups in total. The standard InChI is InChI=1S/C26H31Cl2N5O6/c1-2-8-33(9-10-34)26(31-15-29)30-14-21(25(38)39)32-24(37)23-19(27)11-16(12-20(23)28)6-7-22(36)17-4-3-5-18(35)13-17/h3-5,11-13,21-22,34-36H,2,6-10,14H2,1H3,(H,30,31)(H,32,37)(H,38,39)/t21-,22?/m0/s1. The maximum atomic E-state index is 12.9. The molecule has 0 saturated heterocycles. The smallest absolute Gasteiger partial charge is 0.328 e. The van der Waals surface area contributed by atoms with Gasteiger partial charge >= 0.3 is 5.97 Å². The Bertz CT molecular complexity index is 1190. The number of phenolic OH excluding ortho intramolecular Hbond substituents is 1. The Morgan fingerprint density at radius 2 is 1.87 bits per heavy atom. The van der Waals surface area contributed by atoms with Gasteiger partial charge in [0.25, 0.3) is 5.91 Å². The van der Waals surface area contributed by atoms with Crippen LogP contribution in [-0.2, 0) is 11.2 Å². The van der Waals surface area contributed by atoms with Gasteiger partial charge in [-0.05, 0) is 54.7 Å².